The molecule has 4 rings (SSSR count). The van der Waals surface area contributed by atoms with Crippen molar-refractivity contribution >= 4 is 0 Å². The molecule has 0 aliphatic heterocycles. The molecule has 0 bridgehead atoms. The van der Waals surface area contributed by atoms with Crippen LogP contribution in [0.1, 0.15) is 105 Å². The van der Waals surface area contributed by atoms with Gasteiger partial charge in [-0.1, -0.05) is 68.6 Å². The van der Waals surface area contributed by atoms with E-state index in [1.165, 1.54) is 94.7 Å². The third-order valence-electron chi connectivity index (χ3n) is 8.40. The maximum atomic E-state index is 13.8. The summed E-state index contributed by atoms with van der Waals surface area (Å²) >= 11 is 0. The number of hydrogen-bond acceptors (Lipinski definition) is 1. The smallest absolute Gasteiger partial charge is 0.142 e. The number of hydrogen-bond donors (Lipinski definition) is 0. The molecule has 2 aliphatic rings. The highest BCUT2D eigenvalue weighted by atomic mass is 19.1. The molecular weight excluding hydrogens is 429 g/mol. The van der Waals surface area contributed by atoms with Crippen molar-refractivity contribution in [1.29, 1.82) is 5.26 Å². The lowest BCUT2D eigenvalue weighted by Crippen LogP contribution is -2.17. The van der Waals surface area contributed by atoms with E-state index in [2.05, 4.69) is 48.8 Å². The van der Waals surface area contributed by atoms with E-state index in [-0.39, 0.29) is 5.56 Å². The average Bonchev–Trinajstić information content (AvgIpc) is 2.91. The first-order chi connectivity index (χ1) is 17.1. The molecule has 182 valence electrons. The second kappa shape index (κ2) is 12.7. The standard InChI is InChI=1S/C33H38FN/c1-2-3-4-25-5-7-26(8-6-25)9-10-27-13-18-30(19-14-27)31-20-15-28(16-21-31)11-12-29-17-22-32(24-35)33(34)23-29/h2,15-17,20-23,25-27,30H,1,3-10,13-14,18-19H2/t25-,26-,27-,30-. The first-order valence-corrected chi connectivity index (χ1v) is 13.6. The molecule has 0 aromatic heterocycles. The Bertz CT molecular complexity index is 1060. The molecule has 1 nitrogen and oxygen atoms in total. The second-order valence-corrected chi connectivity index (χ2v) is 10.7. The van der Waals surface area contributed by atoms with Gasteiger partial charge in [0.1, 0.15) is 11.9 Å². The average molecular weight is 468 g/mol. The molecule has 2 fully saturated rings. The Hall–Kier alpha value is -2.84. The lowest BCUT2D eigenvalue weighted by atomic mass is 9.74. The zero-order valence-electron chi connectivity index (χ0n) is 20.9. The Morgan fingerprint density at radius 3 is 1.89 bits per heavy atom. The third kappa shape index (κ3) is 7.32. The van der Waals surface area contributed by atoms with Crippen LogP contribution in [-0.2, 0) is 0 Å². The molecule has 0 N–H and O–H groups in total. The highest BCUT2D eigenvalue weighted by molar-refractivity contribution is 5.46. The Labute approximate surface area is 211 Å². The van der Waals surface area contributed by atoms with Gasteiger partial charge in [-0.15, -0.1) is 6.58 Å². The Kier molecular flexibility index (Phi) is 9.20. The van der Waals surface area contributed by atoms with E-state index >= 15 is 0 Å². The van der Waals surface area contributed by atoms with Crippen molar-refractivity contribution in [2.45, 2.75) is 83.0 Å². The number of allylic oxidation sites excluding steroid dienone is 1. The predicted octanol–water partition coefficient (Wildman–Crippen LogP) is 8.92. The van der Waals surface area contributed by atoms with Crippen LogP contribution in [0.15, 0.2) is 55.1 Å². The van der Waals surface area contributed by atoms with Crippen LogP contribution in [0, 0.1) is 46.7 Å². The van der Waals surface area contributed by atoms with Gasteiger partial charge in [0.05, 0.1) is 5.56 Å². The van der Waals surface area contributed by atoms with Crippen LogP contribution in [0.25, 0.3) is 0 Å². The zero-order chi connectivity index (χ0) is 24.5. The molecular formula is C33H38FN. The van der Waals surface area contributed by atoms with Crippen LogP contribution in [0.3, 0.4) is 0 Å². The van der Waals surface area contributed by atoms with Crippen molar-refractivity contribution in [2.24, 2.45) is 17.8 Å². The lowest BCUT2D eigenvalue weighted by Gasteiger charge is -2.32. The van der Waals surface area contributed by atoms with Gasteiger partial charge in [0.25, 0.3) is 0 Å². The summed E-state index contributed by atoms with van der Waals surface area (Å²) in [6.07, 6.45) is 18.6. The molecule has 2 saturated carbocycles. The van der Waals surface area contributed by atoms with Gasteiger partial charge in [0, 0.05) is 11.1 Å². The number of nitrogens with zero attached hydrogens (tertiary/aromatic N) is 1. The summed E-state index contributed by atoms with van der Waals surface area (Å²) in [6.45, 7) is 3.87. The van der Waals surface area contributed by atoms with Crippen LogP contribution < -0.4 is 0 Å². The molecule has 2 aromatic rings. The topological polar surface area (TPSA) is 23.8 Å². The van der Waals surface area contributed by atoms with Crippen molar-refractivity contribution < 1.29 is 4.39 Å². The van der Waals surface area contributed by atoms with Gasteiger partial charge in [-0.3, -0.25) is 0 Å². The highest BCUT2D eigenvalue weighted by Crippen LogP contribution is 2.40. The SMILES string of the molecule is C=CCC[C@H]1CC[C@H](CC[C@H]2CC[C@H](c3ccc(C#Cc4ccc(C#N)c(F)c4)cc3)CC2)CC1. The third-order valence-corrected chi connectivity index (χ3v) is 8.40. The number of nitriles is 1. The normalized spacial score (nSPS) is 24.1. The predicted molar refractivity (Wildman–Crippen MR) is 142 cm³/mol. The summed E-state index contributed by atoms with van der Waals surface area (Å²) in [4.78, 5) is 0. The van der Waals surface area contributed by atoms with Gasteiger partial charge in [-0.25, -0.2) is 4.39 Å². The first kappa shape index (κ1) is 25.3. The maximum absolute atomic E-state index is 13.8. The van der Waals surface area contributed by atoms with Crippen molar-refractivity contribution in [3.05, 3.63) is 83.2 Å². The summed E-state index contributed by atoms with van der Waals surface area (Å²) < 4.78 is 13.8. The fourth-order valence-corrected chi connectivity index (χ4v) is 6.08. The van der Waals surface area contributed by atoms with Crippen LogP contribution in [0.2, 0.25) is 0 Å². The fourth-order valence-electron chi connectivity index (χ4n) is 6.08. The Morgan fingerprint density at radius 1 is 0.771 bits per heavy atom. The number of halogens is 1. The summed E-state index contributed by atoms with van der Waals surface area (Å²) in [7, 11) is 0. The van der Waals surface area contributed by atoms with Crippen LogP contribution >= 0.6 is 0 Å². The molecule has 2 aromatic carbocycles. The van der Waals surface area contributed by atoms with Crippen molar-refractivity contribution in [3.8, 4) is 17.9 Å². The van der Waals surface area contributed by atoms with Gasteiger partial charge >= 0.3 is 0 Å². The minimum atomic E-state index is -0.517. The fraction of sp³-hybridized carbons (Fsp3) is 0.485. The molecule has 0 amide bonds. The molecule has 35 heavy (non-hydrogen) atoms. The minimum absolute atomic E-state index is 0.0525. The van der Waals surface area contributed by atoms with E-state index in [0.29, 0.717) is 11.5 Å². The summed E-state index contributed by atoms with van der Waals surface area (Å²) in [6, 6.07) is 14.9. The van der Waals surface area contributed by atoms with E-state index in [1.54, 1.807) is 6.07 Å². The molecule has 2 heteroatoms. The van der Waals surface area contributed by atoms with Gasteiger partial charge in [-0.2, -0.15) is 5.26 Å². The molecule has 0 spiro atoms. The Morgan fingerprint density at radius 2 is 1.31 bits per heavy atom. The van der Waals surface area contributed by atoms with E-state index in [4.69, 9.17) is 5.26 Å². The zero-order valence-corrected chi connectivity index (χ0v) is 20.9. The quantitative estimate of drug-likeness (QED) is 0.294. The molecule has 0 heterocycles. The maximum Gasteiger partial charge on any atom is 0.142 e. The lowest BCUT2D eigenvalue weighted by molar-refractivity contribution is 0.225. The van der Waals surface area contributed by atoms with Gasteiger partial charge in [-0.05, 0) is 98.1 Å². The van der Waals surface area contributed by atoms with E-state index in [1.807, 2.05) is 6.07 Å². The van der Waals surface area contributed by atoms with Gasteiger partial charge in [0.2, 0.25) is 0 Å². The van der Waals surface area contributed by atoms with Gasteiger partial charge in [0.15, 0.2) is 0 Å². The summed E-state index contributed by atoms with van der Waals surface area (Å²) in [5.41, 5.74) is 3.00. The van der Waals surface area contributed by atoms with Crippen LogP contribution in [-0.4, -0.2) is 0 Å². The summed E-state index contributed by atoms with van der Waals surface area (Å²) in [5, 5.41) is 8.85. The van der Waals surface area contributed by atoms with E-state index in [0.717, 1.165) is 23.3 Å². The molecule has 0 unspecified atom stereocenters. The first-order valence-electron chi connectivity index (χ1n) is 13.6. The van der Waals surface area contributed by atoms with Crippen LogP contribution in [0.5, 0.6) is 0 Å². The largest absolute Gasteiger partial charge is 0.206 e. The van der Waals surface area contributed by atoms with Crippen LogP contribution in [0.4, 0.5) is 4.39 Å². The van der Waals surface area contributed by atoms with Gasteiger partial charge < -0.3 is 0 Å². The molecule has 0 atom stereocenters. The van der Waals surface area contributed by atoms with E-state index in [9.17, 15) is 4.39 Å². The monoisotopic (exact) mass is 467 g/mol. The molecule has 0 saturated heterocycles. The second-order valence-electron chi connectivity index (χ2n) is 10.7. The highest BCUT2D eigenvalue weighted by Gasteiger charge is 2.25. The number of benzene rings is 2. The van der Waals surface area contributed by atoms with Crippen molar-refractivity contribution in [2.75, 3.05) is 0 Å². The number of rotatable bonds is 7. The van der Waals surface area contributed by atoms with Crippen molar-refractivity contribution in [1.82, 2.24) is 0 Å². The molecule has 0 radical (unpaired) electrons. The minimum Gasteiger partial charge on any atom is -0.206 e. The van der Waals surface area contributed by atoms with E-state index < -0.39 is 5.82 Å². The summed E-state index contributed by atoms with van der Waals surface area (Å²) in [5.74, 6) is 9.13. The van der Waals surface area contributed by atoms with Crippen molar-refractivity contribution in [3.63, 3.8) is 0 Å². The molecule has 2 aliphatic carbocycles. The Balaban J connectivity index is 1.20.